The number of hydrogen-bond acceptors (Lipinski definition) is 2. The van der Waals surface area contributed by atoms with Gasteiger partial charge in [-0.05, 0) is 40.4 Å². The van der Waals surface area contributed by atoms with Crippen molar-refractivity contribution in [3.63, 3.8) is 0 Å². The zero-order valence-corrected chi connectivity index (χ0v) is 8.25. The van der Waals surface area contributed by atoms with E-state index in [1.807, 2.05) is 6.07 Å². The SMILES string of the molecule is O=CCCCc1ccncc1Br. The van der Waals surface area contributed by atoms with Crippen LogP contribution in [0.4, 0.5) is 0 Å². The monoisotopic (exact) mass is 227 g/mol. The highest BCUT2D eigenvalue weighted by molar-refractivity contribution is 9.10. The molecule has 0 atom stereocenters. The van der Waals surface area contributed by atoms with Crippen LogP contribution in [0.5, 0.6) is 0 Å². The van der Waals surface area contributed by atoms with Crippen molar-refractivity contribution in [1.82, 2.24) is 4.98 Å². The zero-order valence-electron chi connectivity index (χ0n) is 6.66. The van der Waals surface area contributed by atoms with Crippen LogP contribution in [0.1, 0.15) is 18.4 Å². The van der Waals surface area contributed by atoms with E-state index in [2.05, 4.69) is 20.9 Å². The predicted molar refractivity (Wildman–Crippen MR) is 50.9 cm³/mol. The number of carbonyl (C=O) groups is 1. The van der Waals surface area contributed by atoms with Crippen molar-refractivity contribution in [1.29, 1.82) is 0 Å². The average molecular weight is 228 g/mol. The number of carbonyl (C=O) groups excluding carboxylic acids is 1. The minimum absolute atomic E-state index is 0.634. The molecule has 1 heterocycles. The highest BCUT2D eigenvalue weighted by Gasteiger charge is 1.97. The quantitative estimate of drug-likeness (QED) is 0.584. The molecule has 0 aliphatic heterocycles. The van der Waals surface area contributed by atoms with Crippen molar-refractivity contribution in [2.75, 3.05) is 0 Å². The Kier molecular flexibility index (Phi) is 3.94. The molecule has 0 aliphatic carbocycles. The third-order valence-corrected chi connectivity index (χ3v) is 2.34. The first-order valence-corrected chi connectivity index (χ1v) is 4.66. The van der Waals surface area contributed by atoms with E-state index in [1.165, 1.54) is 5.56 Å². The van der Waals surface area contributed by atoms with Gasteiger partial charge in [-0.2, -0.15) is 0 Å². The standard InChI is InChI=1S/C9H10BrNO/c10-9-7-11-5-4-8(9)3-1-2-6-12/h4-7H,1-3H2. The molecule has 0 spiro atoms. The van der Waals surface area contributed by atoms with Crippen LogP contribution < -0.4 is 0 Å². The van der Waals surface area contributed by atoms with E-state index in [0.29, 0.717) is 6.42 Å². The second-order valence-electron chi connectivity index (χ2n) is 2.53. The first-order valence-electron chi connectivity index (χ1n) is 3.86. The first-order chi connectivity index (χ1) is 5.84. The van der Waals surface area contributed by atoms with Gasteiger partial charge in [0.15, 0.2) is 0 Å². The summed E-state index contributed by atoms with van der Waals surface area (Å²) in [5, 5.41) is 0. The molecule has 12 heavy (non-hydrogen) atoms. The Balaban J connectivity index is 2.51. The van der Waals surface area contributed by atoms with Gasteiger partial charge < -0.3 is 4.79 Å². The molecule has 0 saturated carbocycles. The predicted octanol–water partition coefficient (Wildman–Crippen LogP) is 2.37. The molecule has 2 nitrogen and oxygen atoms in total. The Hall–Kier alpha value is -0.700. The van der Waals surface area contributed by atoms with E-state index in [1.54, 1.807) is 12.4 Å². The number of aromatic nitrogens is 1. The van der Waals surface area contributed by atoms with Gasteiger partial charge >= 0.3 is 0 Å². The lowest BCUT2D eigenvalue weighted by Crippen LogP contribution is -1.88. The van der Waals surface area contributed by atoms with Crippen LogP contribution in [0.2, 0.25) is 0 Å². The fourth-order valence-corrected chi connectivity index (χ4v) is 1.43. The lowest BCUT2D eigenvalue weighted by Gasteiger charge is -2.00. The number of halogens is 1. The Morgan fingerprint density at radius 2 is 2.42 bits per heavy atom. The molecule has 0 aliphatic rings. The Labute approximate surface area is 80.1 Å². The maximum atomic E-state index is 10.1. The van der Waals surface area contributed by atoms with Gasteiger partial charge in [-0.25, -0.2) is 0 Å². The van der Waals surface area contributed by atoms with E-state index < -0.39 is 0 Å². The maximum Gasteiger partial charge on any atom is 0.120 e. The molecule has 0 amide bonds. The zero-order chi connectivity index (χ0) is 8.81. The molecule has 0 fully saturated rings. The van der Waals surface area contributed by atoms with E-state index in [9.17, 15) is 4.79 Å². The van der Waals surface area contributed by atoms with Gasteiger partial charge in [0.05, 0.1) is 0 Å². The minimum atomic E-state index is 0.634. The van der Waals surface area contributed by atoms with Gasteiger partial charge in [0.25, 0.3) is 0 Å². The molecule has 0 radical (unpaired) electrons. The second-order valence-corrected chi connectivity index (χ2v) is 3.38. The fraction of sp³-hybridized carbons (Fsp3) is 0.333. The summed E-state index contributed by atoms with van der Waals surface area (Å²) in [5.41, 5.74) is 1.21. The number of hydrogen-bond donors (Lipinski definition) is 0. The van der Waals surface area contributed by atoms with E-state index in [-0.39, 0.29) is 0 Å². The van der Waals surface area contributed by atoms with E-state index in [0.717, 1.165) is 23.6 Å². The summed E-state index contributed by atoms with van der Waals surface area (Å²) in [6.07, 6.45) is 6.97. The Bertz CT molecular complexity index is 262. The Morgan fingerprint density at radius 1 is 1.58 bits per heavy atom. The molecule has 1 rings (SSSR count). The summed E-state index contributed by atoms with van der Waals surface area (Å²) in [4.78, 5) is 14.0. The molecule has 0 unspecified atom stereocenters. The van der Waals surface area contributed by atoms with Crippen molar-refractivity contribution >= 4 is 22.2 Å². The lowest BCUT2D eigenvalue weighted by molar-refractivity contribution is -0.107. The molecule has 3 heteroatoms. The fourth-order valence-electron chi connectivity index (χ4n) is 0.983. The molecule has 1 aromatic heterocycles. The van der Waals surface area contributed by atoms with Crippen molar-refractivity contribution in [2.24, 2.45) is 0 Å². The normalized spacial score (nSPS) is 9.75. The number of aryl methyl sites for hydroxylation is 1. The summed E-state index contributed by atoms with van der Waals surface area (Å²) in [6, 6.07) is 1.97. The third kappa shape index (κ3) is 2.74. The summed E-state index contributed by atoms with van der Waals surface area (Å²) in [6.45, 7) is 0. The van der Waals surface area contributed by atoms with E-state index in [4.69, 9.17) is 0 Å². The number of rotatable bonds is 4. The number of nitrogens with zero attached hydrogens (tertiary/aromatic N) is 1. The number of aldehydes is 1. The molecule has 0 bridgehead atoms. The van der Waals surface area contributed by atoms with Crippen molar-refractivity contribution < 1.29 is 4.79 Å². The molecule has 64 valence electrons. The summed E-state index contributed by atoms with van der Waals surface area (Å²) >= 11 is 3.40. The molecule has 0 saturated heterocycles. The summed E-state index contributed by atoms with van der Waals surface area (Å²) in [7, 11) is 0. The topological polar surface area (TPSA) is 30.0 Å². The molecule has 0 N–H and O–H groups in total. The minimum Gasteiger partial charge on any atom is -0.303 e. The van der Waals surface area contributed by atoms with Gasteiger partial charge in [-0.15, -0.1) is 0 Å². The average Bonchev–Trinajstić information content (AvgIpc) is 2.09. The van der Waals surface area contributed by atoms with Crippen LogP contribution in [0.15, 0.2) is 22.9 Å². The van der Waals surface area contributed by atoms with Gasteiger partial charge in [0, 0.05) is 23.3 Å². The van der Waals surface area contributed by atoms with Gasteiger partial charge in [0.2, 0.25) is 0 Å². The first kappa shape index (κ1) is 9.39. The van der Waals surface area contributed by atoms with Crippen molar-refractivity contribution in [3.8, 4) is 0 Å². The highest BCUT2D eigenvalue weighted by atomic mass is 79.9. The molecule has 0 aromatic carbocycles. The maximum absolute atomic E-state index is 10.1. The van der Waals surface area contributed by atoms with Crippen LogP contribution in [0.3, 0.4) is 0 Å². The smallest absolute Gasteiger partial charge is 0.120 e. The second kappa shape index (κ2) is 5.04. The van der Waals surface area contributed by atoms with Gasteiger partial charge in [-0.1, -0.05) is 0 Å². The van der Waals surface area contributed by atoms with Gasteiger partial charge in [-0.3, -0.25) is 4.98 Å². The number of pyridine rings is 1. The van der Waals surface area contributed by atoms with E-state index >= 15 is 0 Å². The van der Waals surface area contributed by atoms with Crippen molar-refractivity contribution in [2.45, 2.75) is 19.3 Å². The van der Waals surface area contributed by atoms with Crippen molar-refractivity contribution in [3.05, 3.63) is 28.5 Å². The van der Waals surface area contributed by atoms with Crippen LogP contribution in [-0.2, 0) is 11.2 Å². The van der Waals surface area contributed by atoms with Crippen LogP contribution in [0, 0.1) is 0 Å². The van der Waals surface area contributed by atoms with Crippen LogP contribution >= 0.6 is 15.9 Å². The molecule has 1 aromatic rings. The summed E-state index contributed by atoms with van der Waals surface area (Å²) < 4.78 is 1.02. The Morgan fingerprint density at radius 3 is 3.08 bits per heavy atom. The largest absolute Gasteiger partial charge is 0.303 e. The molecular weight excluding hydrogens is 218 g/mol. The van der Waals surface area contributed by atoms with Crippen LogP contribution in [0.25, 0.3) is 0 Å². The van der Waals surface area contributed by atoms with Crippen LogP contribution in [-0.4, -0.2) is 11.3 Å². The highest BCUT2D eigenvalue weighted by Crippen LogP contribution is 2.16. The van der Waals surface area contributed by atoms with Gasteiger partial charge in [0.1, 0.15) is 6.29 Å². The lowest BCUT2D eigenvalue weighted by atomic mass is 10.1. The number of unbranched alkanes of at least 4 members (excludes halogenated alkanes) is 1. The third-order valence-electron chi connectivity index (χ3n) is 1.62. The molecular formula is C9H10BrNO. The summed E-state index contributed by atoms with van der Waals surface area (Å²) in [5.74, 6) is 0.